The summed E-state index contributed by atoms with van der Waals surface area (Å²) in [6.45, 7) is 7.76. The zero-order valence-electron chi connectivity index (χ0n) is 36.7. The third-order valence-corrected chi connectivity index (χ3v) is 13.1. The molecule has 11 rings (SSSR count). The number of phenols is 5. The van der Waals surface area contributed by atoms with E-state index in [9.17, 15) is 25.5 Å². The molecule has 0 saturated heterocycles. The molecule has 10 aromatic rings. The molecule has 1 aliphatic rings. The smallest absolute Gasteiger partial charge is 0.245 e. The highest BCUT2D eigenvalue weighted by atomic mass is 17.0. The van der Waals surface area contributed by atoms with E-state index in [2.05, 4.69) is 35.4 Å². The highest BCUT2D eigenvalue weighted by Crippen LogP contribution is 2.56. The maximum absolute atomic E-state index is 12.9. The number of fused-ring (bicyclic) bond motifs is 5. The van der Waals surface area contributed by atoms with Crippen molar-refractivity contribution in [3.8, 4) is 73.5 Å². The molecule has 9 nitrogen and oxygen atoms in total. The van der Waals surface area contributed by atoms with Gasteiger partial charge in [-0.2, -0.15) is 0 Å². The van der Waals surface area contributed by atoms with Crippen molar-refractivity contribution in [2.75, 3.05) is 0 Å². The molecule has 1 fully saturated rings. The van der Waals surface area contributed by atoms with E-state index in [1.165, 1.54) is 0 Å². The fourth-order valence-electron chi connectivity index (χ4n) is 9.94. The first-order chi connectivity index (χ1) is 32.5. The number of phenolic OH excluding ortho intramolecular Hbond substituents is 5. The largest absolute Gasteiger partial charge is 0.507 e. The summed E-state index contributed by atoms with van der Waals surface area (Å²) in [5.41, 5.74) is 6.79. The molecule has 0 bridgehead atoms. The third kappa shape index (κ3) is 6.40. The minimum atomic E-state index is -0.570. The van der Waals surface area contributed by atoms with Gasteiger partial charge in [-0.3, -0.25) is 13.7 Å². The predicted molar refractivity (Wildman–Crippen MR) is 268 cm³/mol. The highest BCUT2D eigenvalue weighted by molar-refractivity contribution is 6.39. The Morgan fingerprint density at radius 2 is 1.10 bits per heavy atom. The van der Waals surface area contributed by atoms with Crippen LogP contribution in [-0.4, -0.2) is 50.4 Å². The summed E-state index contributed by atoms with van der Waals surface area (Å²) in [4.78, 5) is 0. The van der Waals surface area contributed by atoms with Crippen molar-refractivity contribution in [2.24, 2.45) is 0 Å². The number of aromatic hydroxyl groups is 5. The topological polar surface area (TPSA) is 137 Å². The number of nitrogens with zero attached hydrogens (tertiary/aromatic N) is 2. The van der Waals surface area contributed by atoms with Gasteiger partial charge in [-0.15, -0.1) is 0 Å². The normalized spacial score (nSPS) is 12.7. The van der Waals surface area contributed by atoms with Crippen LogP contribution in [0.5, 0.6) is 28.7 Å². The second kappa shape index (κ2) is 15.8. The zero-order valence-corrected chi connectivity index (χ0v) is 36.7. The highest BCUT2D eigenvalue weighted by Gasteiger charge is 2.37. The maximum Gasteiger partial charge on any atom is 0.245 e. The van der Waals surface area contributed by atoms with Crippen LogP contribution < -0.4 is 10.9 Å². The Kier molecular flexibility index (Phi) is 9.77. The molecule has 0 atom stereocenters. The van der Waals surface area contributed by atoms with Crippen LogP contribution in [0.1, 0.15) is 42.4 Å². The molecule has 11 heteroatoms. The number of aromatic nitrogens is 2. The molecule has 0 spiro atoms. The molecule has 0 amide bonds. The summed E-state index contributed by atoms with van der Waals surface area (Å²) in [6, 6.07) is 41.9. The standard InChI is InChI=1S/C56H42B2N2O7/c1-29(2)27-38-46(58)42(32-17-8-5-9-18-32)52(63)55-48(38)60(47-30(3)45(57)41(51(62)54(47)65)31-15-6-4-7-16-31)49-43(33-25-26-33)50(61)44(53(64)56(49)67-66-55)34-19-14-20-35(28-34)59-39-23-12-10-21-36(39)37-22-11-13-24-40(37)59/h4-24,28,33,61-65H,1,25-27H2,2-3H3. The van der Waals surface area contributed by atoms with E-state index in [0.717, 1.165) is 27.5 Å². The average molecular weight is 877 g/mol. The van der Waals surface area contributed by atoms with Gasteiger partial charge in [-0.1, -0.05) is 132 Å². The minimum absolute atomic E-state index is 0.0256. The van der Waals surface area contributed by atoms with Gasteiger partial charge >= 0.3 is 0 Å². The lowest BCUT2D eigenvalue weighted by atomic mass is 9.79. The second-order valence-corrected chi connectivity index (χ2v) is 17.5. The van der Waals surface area contributed by atoms with E-state index in [0.29, 0.717) is 51.8 Å². The Labute approximate surface area is 387 Å². The molecule has 2 aromatic heterocycles. The van der Waals surface area contributed by atoms with Crippen LogP contribution in [0.25, 0.3) is 88.8 Å². The van der Waals surface area contributed by atoms with E-state index >= 15 is 0 Å². The van der Waals surface area contributed by atoms with Crippen molar-refractivity contribution in [3.63, 3.8) is 0 Å². The first-order valence-corrected chi connectivity index (χ1v) is 22.1. The van der Waals surface area contributed by atoms with Crippen LogP contribution in [0, 0.1) is 6.92 Å². The van der Waals surface area contributed by atoms with E-state index in [1.54, 1.807) is 54.0 Å². The van der Waals surface area contributed by atoms with Crippen molar-refractivity contribution in [2.45, 2.75) is 39.0 Å². The van der Waals surface area contributed by atoms with E-state index < -0.39 is 23.0 Å². The van der Waals surface area contributed by atoms with Gasteiger partial charge in [0.15, 0.2) is 23.0 Å². The van der Waals surface area contributed by atoms with Gasteiger partial charge in [0.1, 0.15) is 32.5 Å². The molecule has 0 unspecified atom stereocenters. The van der Waals surface area contributed by atoms with E-state index in [1.807, 2.05) is 73.7 Å². The van der Waals surface area contributed by atoms with Crippen molar-refractivity contribution >= 4 is 70.6 Å². The summed E-state index contributed by atoms with van der Waals surface area (Å²) >= 11 is 0. The van der Waals surface area contributed by atoms with Gasteiger partial charge in [0.25, 0.3) is 0 Å². The van der Waals surface area contributed by atoms with Gasteiger partial charge in [-0.05, 0) is 91.1 Å². The minimum Gasteiger partial charge on any atom is -0.507 e. The Morgan fingerprint density at radius 3 is 1.69 bits per heavy atom. The molecule has 0 aliphatic heterocycles. The van der Waals surface area contributed by atoms with Gasteiger partial charge in [-0.25, -0.2) is 0 Å². The zero-order chi connectivity index (χ0) is 46.4. The monoisotopic (exact) mass is 876 g/mol. The average Bonchev–Trinajstić information content (AvgIpc) is 4.14. The Bertz CT molecular complexity index is 3660. The summed E-state index contributed by atoms with van der Waals surface area (Å²) in [6.07, 6.45) is 1.48. The fraction of sp³-hybridized carbons (Fsp3) is 0.107. The summed E-state index contributed by atoms with van der Waals surface area (Å²) in [5, 5.41) is 64.9. The van der Waals surface area contributed by atoms with E-state index in [4.69, 9.17) is 24.8 Å². The van der Waals surface area contributed by atoms with Gasteiger partial charge in [0.05, 0.1) is 22.3 Å². The van der Waals surface area contributed by atoms with Crippen LogP contribution in [0.2, 0.25) is 0 Å². The number of hydrogen-bond acceptors (Lipinski definition) is 7. The quantitative estimate of drug-likeness (QED) is 0.0444. The van der Waals surface area contributed by atoms with Crippen molar-refractivity contribution in [3.05, 3.63) is 162 Å². The number of para-hydroxylation sites is 2. The van der Waals surface area contributed by atoms with Gasteiger partial charge in [0.2, 0.25) is 11.2 Å². The molecule has 1 saturated carbocycles. The molecular formula is C56H42B2N2O7. The Balaban J connectivity index is 1.31. The summed E-state index contributed by atoms with van der Waals surface area (Å²) < 4.78 is 16.3. The third-order valence-electron chi connectivity index (χ3n) is 13.1. The van der Waals surface area contributed by atoms with Gasteiger partial charge in [0, 0.05) is 33.2 Å². The van der Waals surface area contributed by atoms with Crippen molar-refractivity contribution < 1.29 is 34.7 Å². The number of rotatable bonds is 8. The number of hydrogen-bond donors (Lipinski definition) is 5. The maximum atomic E-state index is 12.9. The van der Waals surface area contributed by atoms with Crippen LogP contribution >= 0.6 is 0 Å². The van der Waals surface area contributed by atoms with Crippen molar-refractivity contribution in [1.82, 2.24) is 9.13 Å². The SMILES string of the molecule is [B]c1c(C)c(-n2c3c(CC(=C)C)c([B])c(-c4ccccc4)c(O)c3ooc3c(O)c(-c4cccc(-n5c6ccccc6c6ccccc65)c4)c(O)c(C4CC4)c32)c(O)c(O)c1-c1ccccc1. The fourth-order valence-corrected chi connectivity index (χ4v) is 9.94. The molecule has 1 aliphatic carbocycles. The van der Waals surface area contributed by atoms with Gasteiger partial charge < -0.3 is 30.1 Å². The Hall–Kier alpha value is -8.17. The van der Waals surface area contributed by atoms with Crippen LogP contribution in [0.4, 0.5) is 0 Å². The van der Waals surface area contributed by atoms with Crippen molar-refractivity contribution in [1.29, 1.82) is 0 Å². The molecule has 8 aromatic carbocycles. The lowest BCUT2D eigenvalue weighted by molar-refractivity contribution is 0.0879. The lowest BCUT2D eigenvalue weighted by Crippen LogP contribution is -2.20. The first kappa shape index (κ1) is 41.5. The van der Waals surface area contributed by atoms with Crippen LogP contribution in [0.15, 0.2) is 155 Å². The van der Waals surface area contributed by atoms with Crippen LogP contribution in [0.3, 0.4) is 0 Å². The second-order valence-electron chi connectivity index (χ2n) is 17.5. The Morgan fingerprint density at radius 1 is 0.582 bits per heavy atom. The molecule has 4 radical (unpaired) electrons. The number of allylic oxidation sites excluding steroid dienone is 1. The number of benzene rings is 8. The summed E-state index contributed by atoms with van der Waals surface area (Å²) in [7, 11) is 14.2. The predicted octanol–water partition coefficient (Wildman–Crippen LogP) is 11.6. The lowest BCUT2D eigenvalue weighted by Gasteiger charge is -2.25. The summed E-state index contributed by atoms with van der Waals surface area (Å²) in [5.74, 6) is -2.46. The molecule has 67 heavy (non-hydrogen) atoms. The molecule has 5 N–H and O–H groups in total. The van der Waals surface area contributed by atoms with Crippen LogP contribution in [-0.2, 0) is 6.42 Å². The molecular weight excluding hydrogens is 834 g/mol. The first-order valence-electron chi connectivity index (χ1n) is 22.1. The van der Waals surface area contributed by atoms with E-state index in [-0.39, 0.29) is 73.6 Å². The molecule has 2 heterocycles. The molecule has 324 valence electrons.